The molecule has 2 heterocycles. The van der Waals surface area contributed by atoms with Crippen molar-refractivity contribution in [2.75, 3.05) is 25.6 Å². The Bertz CT molecular complexity index is 510. The van der Waals surface area contributed by atoms with Gasteiger partial charge in [0.1, 0.15) is 6.54 Å². The molecular weight excluding hydrogens is 212 g/mol. The average molecular weight is 222 g/mol. The number of anilines is 1. The largest absolute Gasteiger partial charge is 0.468 e. The van der Waals surface area contributed by atoms with E-state index in [1.54, 1.807) is 24.1 Å². The lowest BCUT2D eigenvalue weighted by Gasteiger charge is -2.15. The van der Waals surface area contributed by atoms with Crippen LogP contribution in [0.15, 0.2) is 12.1 Å². The van der Waals surface area contributed by atoms with E-state index < -0.39 is 0 Å². The molecule has 0 amide bonds. The first kappa shape index (κ1) is 10.3. The summed E-state index contributed by atoms with van der Waals surface area (Å²) >= 11 is 0. The van der Waals surface area contributed by atoms with Gasteiger partial charge in [-0.3, -0.25) is 4.79 Å². The summed E-state index contributed by atoms with van der Waals surface area (Å²) in [6.45, 7) is 0.122. The zero-order chi connectivity index (χ0) is 11.5. The van der Waals surface area contributed by atoms with E-state index in [4.69, 9.17) is 0 Å². The molecule has 0 aliphatic rings. The van der Waals surface area contributed by atoms with Crippen LogP contribution < -0.4 is 4.90 Å². The van der Waals surface area contributed by atoms with Crippen LogP contribution in [0.4, 0.5) is 5.82 Å². The van der Waals surface area contributed by atoms with Crippen molar-refractivity contribution in [3.63, 3.8) is 0 Å². The van der Waals surface area contributed by atoms with Crippen LogP contribution in [0.5, 0.6) is 0 Å². The maximum atomic E-state index is 11.1. The maximum Gasteiger partial charge on any atom is 0.325 e. The number of carbonyl (C=O) groups excluding carboxylic acids is 1. The molecule has 0 aliphatic carbocycles. The number of methoxy groups -OCH3 is 1. The third-order valence-corrected chi connectivity index (χ3v) is 2.04. The highest BCUT2D eigenvalue weighted by Crippen LogP contribution is 2.07. The van der Waals surface area contributed by atoms with Gasteiger partial charge in [0.05, 0.1) is 7.11 Å². The van der Waals surface area contributed by atoms with Crippen molar-refractivity contribution in [3.05, 3.63) is 12.1 Å². The molecule has 0 bridgehead atoms. The molecule has 0 N–H and O–H groups in total. The van der Waals surface area contributed by atoms with Gasteiger partial charge in [0.2, 0.25) is 0 Å². The summed E-state index contributed by atoms with van der Waals surface area (Å²) in [5.74, 6) is 0.256. The molecule has 16 heavy (non-hydrogen) atoms. The van der Waals surface area contributed by atoms with Crippen molar-refractivity contribution in [2.24, 2.45) is 0 Å². The van der Waals surface area contributed by atoms with Gasteiger partial charge in [0, 0.05) is 7.05 Å². The van der Waals surface area contributed by atoms with E-state index in [-0.39, 0.29) is 12.5 Å². The molecule has 84 valence electrons. The first-order chi connectivity index (χ1) is 7.70. The second-order valence-electron chi connectivity index (χ2n) is 3.15. The fraction of sp³-hybridized carbons (Fsp3) is 0.375. The standard InChI is InChI=1S/C8H10N6O2/c1-13(5-8(15)16-2)7-4-3-6-9-11-12-14(6)10-7/h3-4H,5H2,1-2H3. The topological polar surface area (TPSA) is 85.5 Å². The molecule has 0 fully saturated rings. The lowest BCUT2D eigenvalue weighted by Crippen LogP contribution is -2.27. The molecule has 2 rings (SSSR count). The number of fused-ring (bicyclic) bond motifs is 1. The minimum Gasteiger partial charge on any atom is -0.468 e. The van der Waals surface area contributed by atoms with E-state index in [2.05, 4.69) is 25.4 Å². The summed E-state index contributed by atoms with van der Waals surface area (Å²) < 4.78 is 5.85. The SMILES string of the molecule is COC(=O)CN(C)c1ccc2nnnn2n1. The van der Waals surface area contributed by atoms with Crippen LogP contribution in [-0.4, -0.2) is 51.9 Å². The van der Waals surface area contributed by atoms with Gasteiger partial charge in [-0.15, -0.1) is 14.8 Å². The predicted octanol–water partition coefficient (Wildman–Crippen LogP) is -0.872. The van der Waals surface area contributed by atoms with Gasteiger partial charge < -0.3 is 9.64 Å². The van der Waals surface area contributed by atoms with E-state index in [1.165, 1.54) is 11.7 Å². The summed E-state index contributed by atoms with van der Waals surface area (Å²) in [5.41, 5.74) is 0.551. The van der Waals surface area contributed by atoms with Crippen molar-refractivity contribution in [3.8, 4) is 0 Å². The normalized spacial score (nSPS) is 10.4. The molecule has 0 radical (unpaired) electrons. The summed E-state index contributed by atoms with van der Waals surface area (Å²) in [7, 11) is 3.07. The van der Waals surface area contributed by atoms with Crippen LogP contribution in [0.1, 0.15) is 0 Å². The number of ether oxygens (including phenoxy) is 1. The molecule has 8 nitrogen and oxygen atoms in total. The number of rotatable bonds is 3. The molecule has 0 spiro atoms. The highest BCUT2D eigenvalue weighted by Gasteiger charge is 2.09. The van der Waals surface area contributed by atoms with Crippen LogP contribution in [-0.2, 0) is 9.53 Å². The highest BCUT2D eigenvalue weighted by atomic mass is 16.5. The van der Waals surface area contributed by atoms with Gasteiger partial charge >= 0.3 is 5.97 Å². The fourth-order valence-corrected chi connectivity index (χ4v) is 1.18. The fourth-order valence-electron chi connectivity index (χ4n) is 1.18. The Balaban J connectivity index is 2.22. The minimum atomic E-state index is -0.332. The van der Waals surface area contributed by atoms with Crippen LogP contribution in [0.3, 0.4) is 0 Å². The first-order valence-corrected chi connectivity index (χ1v) is 4.54. The molecule has 0 atom stereocenters. The number of hydrogen-bond acceptors (Lipinski definition) is 7. The number of aromatic nitrogens is 5. The number of hydrogen-bond donors (Lipinski definition) is 0. The maximum absolute atomic E-state index is 11.1. The zero-order valence-corrected chi connectivity index (χ0v) is 8.86. The van der Waals surface area contributed by atoms with Crippen molar-refractivity contribution in [1.29, 1.82) is 0 Å². The van der Waals surface area contributed by atoms with E-state index in [0.717, 1.165) is 0 Å². The molecule has 8 heteroatoms. The molecule has 0 unspecified atom stereocenters. The predicted molar refractivity (Wildman–Crippen MR) is 53.9 cm³/mol. The molecule has 0 saturated carbocycles. The van der Waals surface area contributed by atoms with Gasteiger partial charge in [-0.25, -0.2) is 0 Å². The molecule has 0 aliphatic heterocycles. The van der Waals surface area contributed by atoms with E-state index >= 15 is 0 Å². The van der Waals surface area contributed by atoms with Gasteiger partial charge in [-0.2, -0.15) is 0 Å². The lowest BCUT2D eigenvalue weighted by atomic mass is 10.4. The third kappa shape index (κ3) is 1.90. The van der Waals surface area contributed by atoms with Gasteiger partial charge in [-0.1, -0.05) is 0 Å². The van der Waals surface area contributed by atoms with Crippen LogP contribution in [0.25, 0.3) is 5.65 Å². The molecular formula is C8H10N6O2. The Morgan fingerprint density at radius 2 is 2.38 bits per heavy atom. The summed E-state index contributed by atoms with van der Waals surface area (Å²) in [6, 6.07) is 3.45. The summed E-state index contributed by atoms with van der Waals surface area (Å²) in [6.07, 6.45) is 0. The number of likely N-dealkylation sites (N-methyl/N-ethyl adjacent to an activating group) is 1. The Morgan fingerprint density at radius 1 is 1.56 bits per heavy atom. The molecule has 0 aromatic carbocycles. The summed E-state index contributed by atoms with van der Waals surface area (Å²) in [5, 5.41) is 15.0. The lowest BCUT2D eigenvalue weighted by molar-refractivity contribution is -0.138. The van der Waals surface area contributed by atoms with Crippen LogP contribution >= 0.6 is 0 Å². The molecule has 0 saturated heterocycles. The number of carbonyl (C=O) groups is 1. The molecule has 2 aromatic heterocycles. The van der Waals surface area contributed by atoms with Gasteiger partial charge in [0.25, 0.3) is 0 Å². The Kier molecular flexibility index (Phi) is 2.63. The Morgan fingerprint density at radius 3 is 3.12 bits per heavy atom. The number of tetrazole rings is 1. The van der Waals surface area contributed by atoms with E-state index in [9.17, 15) is 4.79 Å². The van der Waals surface area contributed by atoms with Gasteiger partial charge in [-0.05, 0) is 22.6 Å². The number of esters is 1. The van der Waals surface area contributed by atoms with Crippen molar-refractivity contribution < 1.29 is 9.53 Å². The highest BCUT2D eigenvalue weighted by molar-refractivity contribution is 5.74. The third-order valence-electron chi connectivity index (χ3n) is 2.04. The van der Waals surface area contributed by atoms with Gasteiger partial charge in [0.15, 0.2) is 11.5 Å². The monoisotopic (exact) mass is 222 g/mol. The quantitative estimate of drug-likeness (QED) is 0.624. The van der Waals surface area contributed by atoms with Crippen molar-refractivity contribution in [2.45, 2.75) is 0 Å². The Labute approximate surface area is 90.8 Å². The van der Waals surface area contributed by atoms with Crippen molar-refractivity contribution >= 4 is 17.4 Å². The molecule has 2 aromatic rings. The minimum absolute atomic E-state index is 0.122. The second-order valence-corrected chi connectivity index (χ2v) is 3.15. The number of nitrogens with zero attached hydrogens (tertiary/aromatic N) is 6. The van der Waals surface area contributed by atoms with Crippen molar-refractivity contribution in [1.82, 2.24) is 25.3 Å². The Hall–Kier alpha value is -2.25. The van der Waals surface area contributed by atoms with Crippen LogP contribution in [0, 0.1) is 0 Å². The smallest absolute Gasteiger partial charge is 0.325 e. The second kappa shape index (κ2) is 4.09. The van der Waals surface area contributed by atoms with Crippen LogP contribution in [0.2, 0.25) is 0 Å². The first-order valence-electron chi connectivity index (χ1n) is 4.54. The van der Waals surface area contributed by atoms with E-state index in [1.807, 2.05) is 0 Å². The summed E-state index contributed by atoms with van der Waals surface area (Å²) in [4.78, 5) is 12.7. The van der Waals surface area contributed by atoms with E-state index in [0.29, 0.717) is 11.5 Å². The zero-order valence-electron chi connectivity index (χ0n) is 8.86. The average Bonchev–Trinajstić information content (AvgIpc) is 2.75.